The van der Waals surface area contributed by atoms with E-state index in [-0.39, 0.29) is 6.61 Å². The van der Waals surface area contributed by atoms with Crippen molar-refractivity contribution in [3.05, 3.63) is 53.6 Å². The Bertz CT molecular complexity index is 970. The third kappa shape index (κ3) is 5.46. The summed E-state index contributed by atoms with van der Waals surface area (Å²) in [7, 11) is -0.617. The summed E-state index contributed by atoms with van der Waals surface area (Å²) in [5, 5.41) is 2.69. The average Bonchev–Trinajstić information content (AvgIpc) is 2.66. The first-order chi connectivity index (χ1) is 13.1. The lowest BCUT2D eigenvalue weighted by atomic mass is 10.1. The van der Waals surface area contributed by atoms with E-state index in [1.807, 2.05) is 0 Å². The second kappa shape index (κ2) is 8.75. The minimum absolute atomic E-state index is 0.247. The predicted molar refractivity (Wildman–Crippen MR) is 106 cm³/mol. The summed E-state index contributed by atoms with van der Waals surface area (Å²) >= 11 is 0. The van der Waals surface area contributed by atoms with Crippen molar-refractivity contribution in [3.63, 3.8) is 0 Å². The van der Waals surface area contributed by atoms with E-state index in [1.54, 1.807) is 43.3 Å². The van der Waals surface area contributed by atoms with Crippen LogP contribution in [0.3, 0.4) is 0 Å². The number of nitrogens with one attached hydrogen (secondary N) is 1. The number of sulfonamides is 1. The lowest BCUT2D eigenvalue weighted by Crippen LogP contribution is -2.24. The second-order valence-electron chi connectivity index (χ2n) is 6.08. The van der Waals surface area contributed by atoms with Crippen molar-refractivity contribution in [1.82, 2.24) is 0 Å². The summed E-state index contributed by atoms with van der Waals surface area (Å²) in [4.78, 5) is 23.8. The zero-order chi connectivity index (χ0) is 20.9. The number of methoxy groups -OCH3 is 1. The first-order valence-electron chi connectivity index (χ1n) is 8.27. The van der Waals surface area contributed by atoms with Crippen LogP contribution < -0.4 is 14.4 Å². The molecule has 1 N–H and O–H groups in total. The van der Waals surface area contributed by atoms with Gasteiger partial charge in [0, 0.05) is 12.7 Å². The number of rotatable bonds is 7. The molecule has 0 atom stereocenters. The molecule has 0 aliphatic carbocycles. The number of hydrogen-bond acceptors (Lipinski definition) is 6. The van der Waals surface area contributed by atoms with Gasteiger partial charge in [0.2, 0.25) is 10.0 Å². The molecule has 0 bridgehead atoms. The Hall–Kier alpha value is -3.07. The number of aryl methyl sites for hydroxylation is 1. The molecule has 28 heavy (non-hydrogen) atoms. The van der Waals surface area contributed by atoms with Crippen LogP contribution in [0, 0.1) is 6.92 Å². The van der Waals surface area contributed by atoms with Crippen molar-refractivity contribution in [1.29, 1.82) is 0 Å². The van der Waals surface area contributed by atoms with E-state index in [4.69, 9.17) is 4.74 Å². The third-order valence-electron chi connectivity index (χ3n) is 4.00. The summed E-state index contributed by atoms with van der Waals surface area (Å²) < 4.78 is 34.3. The molecule has 0 saturated heterocycles. The normalized spacial score (nSPS) is 10.9. The Morgan fingerprint density at radius 2 is 1.75 bits per heavy atom. The van der Waals surface area contributed by atoms with Gasteiger partial charge in [-0.05, 0) is 48.9 Å². The largest absolute Gasteiger partial charge is 0.484 e. The molecule has 9 heteroatoms. The summed E-state index contributed by atoms with van der Waals surface area (Å²) in [6.07, 6.45) is 1.11. The Kier molecular flexibility index (Phi) is 6.63. The van der Waals surface area contributed by atoms with Gasteiger partial charge in [0.25, 0.3) is 5.91 Å². The van der Waals surface area contributed by atoms with E-state index in [9.17, 15) is 18.0 Å². The molecule has 0 aliphatic rings. The fraction of sp³-hybridized carbons (Fsp3) is 0.263. The van der Waals surface area contributed by atoms with Crippen LogP contribution in [0.5, 0.6) is 5.75 Å². The molecule has 0 saturated carbocycles. The molecule has 2 rings (SSSR count). The molecule has 0 fully saturated rings. The van der Waals surface area contributed by atoms with Gasteiger partial charge in [0.05, 0.1) is 24.6 Å². The van der Waals surface area contributed by atoms with Crippen LogP contribution in [0.2, 0.25) is 0 Å². The number of anilines is 2. The zero-order valence-corrected chi connectivity index (χ0v) is 16.9. The zero-order valence-electron chi connectivity index (χ0n) is 16.1. The molecule has 0 aromatic heterocycles. The van der Waals surface area contributed by atoms with Crippen molar-refractivity contribution in [3.8, 4) is 5.75 Å². The molecule has 0 aliphatic heterocycles. The minimum Gasteiger partial charge on any atom is -0.484 e. The van der Waals surface area contributed by atoms with Crippen molar-refractivity contribution < 1.29 is 27.5 Å². The van der Waals surface area contributed by atoms with Gasteiger partial charge in [-0.15, -0.1) is 0 Å². The summed E-state index contributed by atoms with van der Waals surface area (Å²) in [6, 6.07) is 11.2. The average molecular weight is 406 g/mol. The monoisotopic (exact) mass is 406 g/mol. The Labute approximate surface area is 164 Å². The molecule has 1 amide bonds. The highest BCUT2D eigenvalue weighted by molar-refractivity contribution is 7.92. The highest BCUT2D eigenvalue weighted by Crippen LogP contribution is 2.21. The van der Waals surface area contributed by atoms with Crippen LogP contribution in [-0.2, 0) is 19.6 Å². The molecule has 150 valence electrons. The molecule has 8 nitrogen and oxygen atoms in total. The lowest BCUT2D eigenvalue weighted by molar-refractivity contribution is -0.118. The van der Waals surface area contributed by atoms with Crippen molar-refractivity contribution in [2.45, 2.75) is 6.92 Å². The number of nitrogens with zero attached hydrogens (tertiary/aromatic N) is 1. The molecular weight excluding hydrogens is 384 g/mol. The number of carbonyl (C=O) groups excluding carboxylic acids is 2. The standard InChI is InChI=1S/C19H22N2O6S/c1-13-5-6-14(19(23)26-3)11-17(13)20-18(22)12-27-16-9-7-15(8-10-16)21(2)28(4,24)25/h5-11H,12H2,1-4H3,(H,20,22). The van der Waals surface area contributed by atoms with Gasteiger partial charge in [-0.3, -0.25) is 9.10 Å². The highest BCUT2D eigenvalue weighted by Gasteiger charge is 2.13. The van der Waals surface area contributed by atoms with Gasteiger partial charge >= 0.3 is 5.97 Å². The molecule has 2 aromatic carbocycles. The van der Waals surface area contributed by atoms with E-state index >= 15 is 0 Å². The summed E-state index contributed by atoms with van der Waals surface area (Å²) in [6.45, 7) is 1.55. The van der Waals surface area contributed by atoms with Gasteiger partial charge in [-0.2, -0.15) is 0 Å². The number of carbonyl (C=O) groups is 2. The molecule has 0 heterocycles. The van der Waals surface area contributed by atoms with Crippen LogP contribution in [0.1, 0.15) is 15.9 Å². The topological polar surface area (TPSA) is 102 Å². The maximum Gasteiger partial charge on any atom is 0.337 e. The van der Waals surface area contributed by atoms with E-state index in [0.717, 1.165) is 16.1 Å². The molecule has 0 radical (unpaired) electrons. The maximum atomic E-state index is 12.2. The maximum absolute atomic E-state index is 12.2. The Balaban J connectivity index is 1.99. The SMILES string of the molecule is COC(=O)c1ccc(C)c(NC(=O)COc2ccc(N(C)S(C)(=O)=O)cc2)c1. The predicted octanol–water partition coefficient (Wildman–Crippen LogP) is 2.19. The van der Waals surface area contributed by atoms with Crippen LogP contribution in [0.25, 0.3) is 0 Å². The van der Waals surface area contributed by atoms with E-state index < -0.39 is 21.9 Å². The lowest BCUT2D eigenvalue weighted by Gasteiger charge is -2.17. The molecular formula is C19H22N2O6S. The number of ether oxygens (including phenoxy) is 2. The molecule has 0 unspecified atom stereocenters. The van der Waals surface area contributed by atoms with E-state index in [0.29, 0.717) is 22.7 Å². The van der Waals surface area contributed by atoms with Crippen LogP contribution in [0.15, 0.2) is 42.5 Å². The molecule has 2 aromatic rings. The fourth-order valence-corrected chi connectivity index (χ4v) is 2.79. The van der Waals surface area contributed by atoms with Crippen molar-refractivity contribution >= 4 is 33.3 Å². The van der Waals surface area contributed by atoms with Gasteiger partial charge in [-0.25, -0.2) is 13.2 Å². The molecule has 0 spiro atoms. The fourth-order valence-electron chi connectivity index (χ4n) is 2.28. The van der Waals surface area contributed by atoms with Gasteiger partial charge in [0.1, 0.15) is 5.75 Å². The summed E-state index contributed by atoms with van der Waals surface area (Å²) in [5.41, 5.74) is 2.08. The van der Waals surface area contributed by atoms with Gasteiger partial charge in [-0.1, -0.05) is 6.07 Å². The van der Waals surface area contributed by atoms with Crippen LogP contribution >= 0.6 is 0 Å². The van der Waals surface area contributed by atoms with Crippen molar-refractivity contribution in [2.24, 2.45) is 0 Å². The van der Waals surface area contributed by atoms with E-state index in [1.165, 1.54) is 20.2 Å². The van der Waals surface area contributed by atoms with Crippen LogP contribution in [-0.4, -0.2) is 47.3 Å². The van der Waals surface area contributed by atoms with Crippen molar-refractivity contribution in [2.75, 3.05) is 36.6 Å². The van der Waals surface area contributed by atoms with Gasteiger partial charge in [0.15, 0.2) is 6.61 Å². The Morgan fingerprint density at radius 1 is 1.11 bits per heavy atom. The number of hydrogen-bond donors (Lipinski definition) is 1. The number of benzene rings is 2. The smallest absolute Gasteiger partial charge is 0.337 e. The second-order valence-corrected chi connectivity index (χ2v) is 8.10. The van der Waals surface area contributed by atoms with E-state index in [2.05, 4.69) is 10.1 Å². The number of amides is 1. The minimum atomic E-state index is -3.35. The van der Waals surface area contributed by atoms with Gasteiger partial charge < -0.3 is 14.8 Å². The number of esters is 1. The van der Waals surface area contributed by atoms with Crippen LogP contribution in [0.4, 0.5) is 11.4 Å². The summed E-state index contributed by atoms with van der Waals surface area (Å²) in [5.74, 6) is -0.478. The quantitative estimate of drug-likeness (QED) is 0.707. The Morgan fingerprint density at radius 3 is 2.32 bits per heavy atom. The third-order valence-corrected chi connectivity index (χ3v) is 5.21. The highest BCUT2D eigenvalue weighted by atomic mass is 32.2. The first-order valence-corrected chi connectivity index (χ1v) is 10.1. The first kappa shape index (κ1) is 21.2.